The fourth-order valence-electron chi connectivity index (χ4n) is 3.29. The second-order valence-corrected chi connectivity index (χ2v) is 8.08. The van der Waals surface area contributed by atoms with Crippen LogP contribution in [0.2, 0.25) is 10.0 Å². The number of hydrogen-bond donors (Lipinski definition) is 1. The number of aliphatic hydroxyl groups excluding tert-OH is 1. The maximum Gasteiger partial charge on any atom is 0.301 e. The quantitative estimate of drug-likeness (QED) is 0.333. The number of ether oxygens (including phenoxy) is 1. The van der Waals surface area contributed by atoms with E-state index in [0.717, 1.165) is 0 Å². The molecule has 0 aliphatic carbocycles. The molecule has 30 heavy (non-hydrogen) atoms. The first-order valence-electron chi connectivity index (χ1n) is 8.72. The van der Waals surface area contributed by atoms with Crippen LogP contribution in [0.25, 0.3) is 5.76 Å². The van der Waals surface area contributed by atoms with E-state index in [0.29, 0.717) is 27.0 Å². The second-order valence-electron chi connectivity index (χ2n) is 6.39. The predicted octanol–water partition coefficient (Wildman–Crippen LogP) is 5.08. The molecule has 9 heteroatoms. The number of halogens is 2. The monoisotopic (exact) mass is 460 g/mol. The van der Waals surface area contributed by atoms with Gasteiger partial charge in [0.2, 0.25) is 0 Å². The first-order valence-corrected chi connectivity index (χ1v) is 10.4. The molecule has 0 bridgehead atoms. The summed E-state index contributed by atoms with van der Waals surface area (Å²) < 4.78 is 5.20. The van der Waals surface area contributed by atoms with Gasteiger partial charge in [-0.05, 0) is 29.8 Å². The lowest BCUT2D eigenvalue weighted by molar-refractivity contribution is -0.132. The minimum Gasteiger partial charge on any atom is -0.507 e. The molecule has 3 aromatic rings. The number of rotatable bonds is 4. The summed E-state index contributed by atoms with van der Waals surface area (Å²) in [5.74, 6) is -1.42. The molecule has 6 nitrogen and oxygen atoms in total. The van der Waals surface area contributed by atoms with Crippen LogP contribution in [0.4, 0.5) is 5.13 Å². The van der Waals surface area contributed by atoms with E-state index in [1.807, 2.05) is 0 Å². The Labute approximate surface area is 185 Å². The summed E-state index contributed by atoms with van der Waals surface area (Å²) in [4.78, 5) is 31.4. The van der Waals surface area contributed by atoms with Gasteiger partial charge in [0, 0.05) is 17.1 Å². The van der Waals surface area contributed by atoms with Gasteiger partial charge in [-0.1, -0.05) is 41.4 Å². The Kier molecular flexibility index (Phi) is 5.51. The van der Waals surface area contributed by atoms with Gasteiger partial charge in [-0.25, -0.2) is 4.98 Å². The fraction of sp³-hybridized carbons (Fsp3) is 0.0952. The highest BCUT2D eigenvalue weighted by Gasteiger charge is 2.48. The number of Topliss-reactive ketones (excluding diaryl/α,β-unsaturated/α-hetero) is 1. The van der Waals surface area contributed by atoms with Crippen LogP contribution in [0, 0.1) is 0 Å². The van der Waals surface area contributed by atoms with Crippen molar-refractivity contribution in [2.75, 3.05) is 12.0 Å². The van der Waals surface area contributed by atoms with Crippen molar-refractivity contribution in [2.24, 2.45) is 0 Å². The van der Waals surface area contributed by atoms with Crippen LogP contribution in [0.15, 0.2) is 59.6 Å². The van der Waals surface area contributed by atoms with E-state index in [9.17, 15) is 14.7 Å². The average molecular weight is 461 g/mol. The Bertz CT molecular complexity index is 1180. The third kappa shape index (κ3) is 3.45. The van der Waals surface area contributed by atoms with Gasteiger partial charge in [-0.3, -0.25) is 14.5 Å². The van der Waals surface area contributed by atoms with Gasteiger partial charge in [0.1, 0.15) is 11.5 Å². The lowest BCUT2D eigenvalue weighted by atomic mass is 9.95. The van der Waals surface area contributed by atoms with Crippen molar-refractivity contribution in [3.8, 4) is 5.75 Å². The van der Waals surface area contributed by atoms with Crippen LogP contribution in [0.5, 0.6) is 5.75 Å². The number of carbonyl (C=O) groups is 2. The zero-order valence-electron chi connectivity index (χ0n) is 15.5. The van der Waals surface area contributed by atoms with Crippen LogP contribution in [-0.4, -0.2) is 28.9 Å². The minimum absolute atomic E-state index is 0.0677. The normalized spacial score (nSPS) is 18.1. The number of thiazole rings is 1. The van der Waals surface area contributed by atoms with Crippen LogP contribution in [0.3, 0.4) is 0 Å². The predicted molar refractivity (Wildman–Crippen MR) is 116 cm³/mol. The van der Waals surface area contributed by atoms with E-state index in [1.165, 1.54) is 29.5 Å². The molecule has 1 N–H and O–H groups in total. The Hall–Kier alpha value is -2.87. The molecule has 1 aromatic heterocycles. The summed E-state index contributed by atoms with van der Waals surface area (Å²) in [6.45, 7) is 0. The Morgan fingerprint density at radius 3 is 2.63 bits per heavy atom. The van der Waals surface area contributed by atoms with Gasteiger partial charge in [0.25, 0.3) is 5.78 Å². The topological polar surface area (TPSA) is 79.7 Å². The Morgan fingerprint density at radius 1 is 1.17 bits per heavy atom. The molecule has 1 aliphatic heterocycles. The number of carbonyl (C=O) groups excluding carboxylic acids is 2. The number of nitrogens with zero attached hydrogens (tertiary/aromatic N) is 2. The van der Waals surface area contributed by atoms with Crippen molar-refractivity contribution < 1.29 is 19.4 Å². The molecule has 152 valence electrons. The first-order chi connectivity index (χ1) is 14.4. The lowest BCUT2D eigenvalue weighted by Gasteiger charge is -2.23. The van der Waals surface area contributed by atoms with E-state index in [-0.39, 0.29) is 16.4 Å². The smallest absolute Gasteiger partial charge is 0.301 e. The van der Waals surface area contributed by atoms with Crippen LogP contribution < -0.4 is 9.64 Å². The maximum absolute atomic E-state index is 13.0. The van der Waals surface area contributed by atoms with Crippen molar-refractivity contribution in [3.05, 3.63) is 80.8 Å². The molecule has 1 unspecified atom stereocenters. The molecule has 2 heterocycles. The number of aliphatic hydroxyl groups is 1. The number of hydrogen-bond acceptors (Lipinski definition) is 6. The number of amides is 1. The molecule has 0 saturated carbocycles. The summed E-state index contributed by atoms with van der Waals surface area (Å²) in [6, 6.07) is 10.5. The van der Waals surface area contributed by atoms with E-state index >= 15 is 0 Å². The lowest BCUT2D eigenvalue weighted by Crippen LogP contribution is -2.29. The molecule has 1 amide bonds. The molecule has 0 radical (unpaired) electrons. The standard InChI is InChI=1S/C21H14Cl2N2O4S/c1-29-13-4-2-3-12(9-13)18(26)16-17(11-5-6-14(22)15(23)10-11)25(20(28)19(16)27)21-24-7-8-30-21/h2-10,17,26H,1H3. The Balaban J connectivity index is 1.95. The van der Waals surface area contributed by atoms with Gasteiger partial charge in [-0.15, -0.1) is 11.3 Å². The van der Waals surface area contributed by atoms with Crippen LogP contribution in [-0.2, 0) is 9.59 Å². The van der Waals surface area contributed by atoms with Gasteiger partial charge in [-0.2, -0.15) is 0 Å². The number of methoxy groups -OCH3 is 1. The van der Waals surface area contributed by atoms with Gasteiger partial charge < -0.3 is 9.84 Å². The number of benzene rings is 2. The van der Waals surface area contributed by atoms with E-state index < -0.39 is 17.7 Å². The van der Waals surface area contributed by atoms with Crippen molar-refractivity contribution in [1.29, 1.82) is 0 Å². The van der Waals surface area contributed by atoms with Crippen molar-refractivity contribution in [3.63, 3.8) is 0 Å². The molecule has 1 saturated heterocycles. The Morgan fingerprint density at radius 2 is 1.97 bits per heavy atom. The van der Waals surface area contributed by atoms with Crippen LogP contribution >= 0.6 is 34.5 Å². The molecule has 1 atom stereocenters. The van der Waals surface area contributed by atoms with Crippen LogP contribution in [0.1, 0.15) is 17.2 Å². The average Bonchev–Trinajstić information content (AvgIpc) is 3.36. The third-order valence-electron chi connectivity index (χ3n) is 4.67. The summed E-state index contributed by atoms with van der Waals surface area (Å²) in [5.41, 5.74) is 0.793. The van der Waals surface area contributed by atoms with Crippen molar-refractivity contribution >= 4 is 57.1 Å². The largest absolute Gasteiger partial charge is 0.507 e. The van der Waals surface area contributed by atoms with Gasteiger partial charge in [0.15, 0.2) is 5.13 Å². The molecule has 1 aliphatic rings. The number of ketones is 1. The summed E-state index contributed by atoms with van der Waals surface area (Å²) >= 11 is 13.4. The van der Waals surface area contributed by atoms with E-state index in [4.69, 9.17) is 27.9 Å². The number of aromatic nitrogens is 1. The summed E-state index contributed by atoms with van der Waals surface area (Å²) in [7, 11) is 1.50. The summed E-state index contributed by atoms with van der Waals surface area (Å²) in [5, 5.41) is 13.7. The number of anilines is 1. The van der Waals surface area contributed by atoms with Crippen molar-refractivity contribution in [1.82, 2.24) is 4.98 Å². The first kappa shape index (κ1) is 20.4. The zero-order chi connectivity index (χ0) is 21.4. The summed E-state index contributed by atoms with van der Waals surface area (Å²) in [6.07, 6.45) is 1.54. The molecule has 1 fully saturated rings. The zero-order valence-corrected chi connectivity index (χ0v) is 17.8. The van der Waals surface area contributed by atoms with E-state index in [1.54, 1.807) is 47.8 Å². The van der Waals surface area contributed by atoms with Gasteiger partial charge >= 0.3 is 5.91 Å². The third-order valence-corrected chi connectivity index (χ3v) is 6.18. The molecule has 2 aromatic carbocycles. The molecular weight excluding hydrogens is 447 g/mol. The molecular formula is C21H14Cl2N2O4S. The fourth-order valence-corrected chi connectivity index (χ4v) is 4.26. The maximum atomic E-state index is 13.0. The molecule has 0 spiro atoms. The highest BCUT2D eigenvalue weighted by Crippen LogP contribution is 2.43. The second kappa shape index (κ2) is 8.10. The molecule has 4 rings (SSSR count). The highest BCUT2D eigenvalue weighted by molar-refractivity contribution is 7.14. The van der Waals surface area contributed by atoms with Crippen molar-refractivity contribution in [2.45, 2.75) is 6.04 Å². The SMILES string of the molecule is COc1cccc(C(O)=C2C(=O)C(=O)N(c3nccs3)C2c2ccc(Cl)c(Cl)c2)c1. The minimum atomic E-state index is -0.919. The van der Waals surface area contributed by atoms with E-state index in [2.05, 4.69) is 4.98 Å². The van der Waals surface area contributed by atoms with Gasteiger partial charge in [0.05, 0.1) is 28.8 Å². The highest BCUT2D eigenvalue weighted by atomic mass is 35.5.